The van der Waals surface area contributed by atoms with Gasteiger partial charge in [-0.25, -0.2) is 4.98 Å². The maximum absolute atomic E-state index is 10.0. The highest BCUT2D eigenvalue weighted by Gasteiger charge is 2.20. The van der Waals surface area contributed by atoms with E-state index in [2.05, 4.69) is 9.97 Å². The number of hydrogen-bond donors (Lipinski definition) is 2. The first-order chi connectivity index (χ1) is 7.52. The van der Waals surface area contributed by atoms with Crippen LogP contribution in [0.2, 0.25) is 0 Å². The minimum Gasteiger partial charge on any atom is -0.386 e. The van der Waals surface area contributed by atoms with Gasteiger partial charge in [-0.05, 0) is 19.9 Å². The largest absolute Gasteiger partial charge is 0.386 e. The Bertz CT molecular complexity index is 497. The van der Waals surface area contributed by atoms with E-state index in [0.717, 1.165) is 22.4 Å². The number of aromatic amines is 1. The summed E-state index contributed by atoms with van der Waals surface area (Å²) in [5.41, 5.74) is 1.66. The number of rotatable bonds is 3. The molecule has 0 saturated carbocycles. The average Bonchev–Trinajstić information content (AvgIpc) is 2.58. The molecule has 0 aliphatic carbocycles. The van der Waals surface area contributed by atoms with Gasteiger partial charge in [-0.3, -0.25) is 0 Å². The molecule has 0 amide bonds. The summed E-state index contributed by atoms with van der Waals surface area (Å²) in [6, 6.07) is 5.74. The molecular formula is C12H16N2O2. The molecule has 2 rings (SSSR count). The van der Waals surface area contributed by atoms with Crippen LogP contribution in [-0.4, -0.2) is 22.2 Å². The van der Waals surface area contributed by atoms with E-state index >= 15 is 0 Å². The molecule has 0 spiro atoms. The Morgan fingerprint density at radius 3 is 2.81 bits per heavy atom. The molecule has 0 radical (unpaired) electrons. The molecule has 4 nitrogen and oxygen atoms in total. The smallest absolute Gasteiger partial charge is 0.133 e. The van der Waals surface area contributed by atoms with E-state index in [9.17, 15) is 5.11 Å². The predicted octanol–water partition coefficient (Wildman–Crippen LogP) is 1.94. The quantitative estimate of drug-likeness (QED) is 0.831. The van der Waals surface area contributed by atoms with Crippen LogP contribution in [0.5, 0.6) is 0 Å². The van der Waals surface area contributed by atoms with Gasteiger partial charge < -0.3 is 14.8 Å². The number of nitrogens with one attached hydrogen (secondary N) is 1. The van der Waals surface area contributed by atoms with Crippen LogP contribution in [0.15, 0.2) is 18.2 Å². The van der Waals surface area contributed by atoms with Crippen LogP contribution in [0, 0.1) is 0 Å². The minimum absolute atomic E-state index is 0.444. The van der Waals surface area contributed by atoms with E-state index in [1.54, 1.807) is 21.0 Å². The highest BCUT2D eigenvalue weighted by molar-refractivity contribution is 5.79. The second kappa shape index (κ2) is 3.88. The van der Waals surface area contributed by atoms with Gasteiger partial charge in [0.1, 0.15) is 12.4 Å². The molecule has 0 unspecified atom stereocenters. The molecule has 1 aromatic carbocycles. The minimum atomic E-state index is -0.890. The molecule has 0 saturated heterocycles. The summed E-state index contributed by atoms with van der Waals surface area (Å²) in [5.74, 6) is 0.772. The number of para-hydroxylation sites is 1. The lowest BCUT2D eigenvalue weighted by atomic mass is 9.97. The van der Waals surface area contributed by atoms with Gasteiger partial charge >= 0.3 is 0 Å². The third kappa shape index (κ3) is 1.94. The summed E-state index contributed by atoms with van der Waals surface area (Å²) in [5, 5.41) is 10.0. The molecular weight excluding hydrogens is 204 g/mol. The highest BCUT2D eigenvalue weighted by atomic mass is 16.5. The van der Waals surface area contributed by atoms with Crippen LogP contribution in [-0.2, 0) is 16.9 Å². The molecule has 4 heteroatoms. The molecule has 16 heavy (non-hydrogen) atoms. The number of H-pyrrole nitrogens is 1. The zero-order valence-electron chi connectivity index (χ0n) is 9.74. The normalized spacial score (nSPS) is 12.2. The van der Waals surface area contributed by atoms with E-state index in [0.29, 0.717) is 6.61 Å². The maximum atomic E-state index is 10.0. The topological polar surface area (TPSA) is 58.1 Å². The lowest BCUT2D eigenvalue weighted by Crippen LogP contribution is -2.15. The summed E-state index contributed by atoms with van der Waals surface area (Å²) in [6.07, 6.45) is 0. The van der Waals surface area contributed by atoms with Crippen LogP contribution in [0.3, 0.4) is 0 Å². The SMILES string of the molecule is COCc1nc2c(C(C)(C)O)cccc2[nH]1. The Kier molecular flexibility index (Phi) is 2.69. The molecule has 1 aromatic heterocycles. The average molecular weight is 220 g/mol. The molecule has 0 atom stereocenters. The number of methoxy groups -OCH3 is 1. The summed E-state index contributed by atoms with van der Waals surface area (Å²) < 4.78 is 5.03. The van der Waals surface area contributed by atoms with Gasteiger partial charge in [-0.1, -0.05) is 12.1 Å². The second-order valence-electron chi connectivity index (χ2n) is 4.38. The highest BCUT2D eigenvalue weighted by Crippen LogP contribution is 2.26. The van der Waals surface area contributed by atoms with E-state index in [-0.39, 0.29) is 0 Å². The number of fused-ring (bicyclic) bond motifs is 1. The van der Waals surface area contributed by atoms with Crippen LogP contribution >= 0.6 is 0 Å². The van der Waals surface area contributed by atoms with Gasteiger partial charge in [0, 0.05) is 12.7 Å². The van der Waals surface area contributed by atoms with Gasteiger partial charge in [-0.15, -0.1) is 0 Å². The van der Waals surface area contributed by atoms with Gasteiger partial charge in [0.25, 0.3) is 0 Å². The Balaban J connectivity index is 2.59. The third-order valence-corrected chi connectivity index (χ3v) is 2.50. The van der Waals surface area contributed by atoms with Crippen molar-refractivity contribution < 1.29 is 9.84 Å². The standard InChI is InChI=1S/C12H16N2O2/c1-12(2,15)8-5-4-6-9-11(8)14-10(13-9)7-16-3/h4-6,15H,7H2,1-3H3,(H,13,14). The van der Waals surface area contributed by atoms with E-state index in [1.165, 1.54) is 0 Å². The van der Waals surface area contributed by atoms with Crippen LogP contribution in [0.4, 0.5) is 0 Å². The lowest BCUT2D eigenvalue weighted by Gasteiger charge is -2.17. The first-order valence-electron chi connectivity index (χ1n) is 5.22. The summed E-state index contributed by atoms with van der Waals surface area (Å²) in [6.45, 7) is 3.96. The maximum Gasteiger partial charge on any atom is 0.133 e. The van der Waals surface area contributed by atoms with Gasteiger partial charge in [0.05, 0.1) is 16.6 Å². The number of ether oxygens (including phenoxy) is 1. The third-order valence-electron chi connectivity index (χ3n) is 2.50. The van der Waals surface area contributed by atoms with Crippen molar-refractivity contribution in [2.75, 3.05) is 7.11 Å². The number of nitrogens with zero attached hydrogens (tertiary/aromatic N) is 1. The number of imidazole rings is 1. The van der Waals surface area contributed by atoms with Crippen molar-refractivity contribution in [3.63, 3.8) is 0 Å². The molecule has 2 aromatic rings. The van der Waals surface area contributed by atoms with E-state index < -0.39 is 5.60 Å². The summed E-state index contributed by atoms with van der Waals surface area (Å²) in [7, 11) is 1.63. The molecule has 1 heterocycles. The van der Waals surface area contributed by atoms with Crippen LogP contribution in [0.1, 0.15) is 25.2 Å². The van der Waals surface area contributed by atoms with Crippen molar-refractivity contribution >= 4 is 11.0 Å². The molecule has 0 bridgehead atoms. The zero-order chi connectivity index (χ0) is 11.8. The van der Waals surface area contributed by atoms with Crippen molar-refractivity contribution in [3.05, 3.63) is 29.6 Å². The molecule has 2 N–H and O–H groups in total. The van der Waals surface area contributed by atoms with Gasteiger partial charge in [0.2, 0.25) is 0 Å². The fourth-order valence-corrected chi connectivity index (χ4v) is 1.78. The number of hydrogen-bond acceptors (Lipinski definition) is 3. The van der Waals surface area contributed by atoms with Crippen molar-refractivity contribution in [1.29, 1.82) is 0 Å². The Hall–Kier alpha value is -1.39. The fourth-order valence-electron chi connectivity index (χ4n) is 1.78. The molecule has 0 aliphatic heterocycles. The van der Waals surface area contributed by atoms with Crippen molar-refractivity contribution in [3.8, 4) is 0 Å². The molecule has 0 fully saturated rings. The first-order valence-corrected chi connectivity index (χ1v) is 5.22. The predicted molar refractivity (Wildman–Crippen MR) is 62.1 cm³/mol. The van der Waals surface area contributed by atoms with Gasteiger partial charge in [-0.2, -0.15) is 0 Å². The Morgan fingerprint density at radius 1 is 1.44 bits per heavy atom. The van der Waals surface area contributed by atoms with Gasteiger partial charge in [0.15, 0.2) is 0 Å². The van der Waals surface area contributed by atoms with Crippen LogP contribution in [0.25, 0.3) is 11.0 Å². The summed E-state index contributed by atoms with van der Waals surface area (Å²) in [4.78, 5) is 7.59. The lowest BCUT2D eigenvalue weighted by molar-refractivity contribution is 0.0800. The van der Waals surface area contributed by atoms with E-state index in [4.69, 9.17) is 4.74 Å². The van der Waals surface area contributed by atoms with Crippen molar-refractivity contribution in [2.45, 2.75) is 26.1 Å². The number of aromatic nitrogens is 2. The zero-order valence-corrected chi connectivity index (χ0v) is 9.74. The monoisotopic (exact) mass is 220 g/mol. The Morgan fingerprint density at radius 2 is 2.19 bits per heavy atom. The van der Waals surface area contributed by atoms with E-state index in [1.807, 2.05) is 18.2 Å². The van der Waals surface area contributed by atoms with Crippen LogP contribution < -0.4 is 0 Å². The first kappa shape index (κ1) is 11.1. The number of benzene rings is 1. The van der Waals surface area contributed by atoms with Crippen molar-refractivity contribution in [1.82, 2.24) is 9.97 Å². The summed E-state index contributed by atoms with van der Waals surface area (Å²) >= 11 is 0. The molecule has 86 valence electrons. The molecule has 0 aliphatic rings. The fraction of sp³-hybridized carbons (Fsp3) is 0.417. The van der Waals surface area contributed by atoms with Crippen molar-refractivity contribution in [2.24, 2.45) is 0 Å². The Labute approximate surface area is 94.3 Å². The second-order valence-corrected chi connectivity index (χ2v) is 4.38. The number of aliphatic hydroxyl groups is 1.